The molecule has 0 aromatic heterocycles. The fourth-order valence-corrected chi connectivity index (χ4v) is 3.49. The van der Waals surface area contributed by atoms with E-state index >= 15 is 0 Å². The molecule has 0 N–H and O–H groups in total. The Morgan fingerprint density at radius 3 is 2.62 bits per heavy atom. The van der Waals surface area contributed by atoms with Gasteiger partial charge in [-0.3, -0.25) is 0 Å². The van der Waals surface area contributed by atoms with Crippen molar-refractivity contribution in [2.45, 2.75) is 16.2 Å². The van der Waals surface area contributed by atoms with Gasteiger partial charge in [0.2, 0.25) is 0 Å². The summed E-state index contributed by atoms with van der Waals surface area (Å²) in [7, 11) is 0. The summed E-state index contributed by atoms with van der Waals surface area (Å²) in [6.07, 6.45) is -0.0229. The van der Waals surface area contributed by atoms with Gasteiger partial charge in [0.15, 0.2) is 0 Å². The summed E-state index contributed by atoms with van der Waals surface area (Å²) >= 11 is 7.73. The molecule has 2 aromatic rings. The van der Waals surface area contributed by atoms with Crippen LogP contribution in [0.15, 0.2) is 52.3 Å². The van der Waals surface area contributed by atoms with Crippen LogP contribution in [0.4, 0.5) is 11.4 Å². The molecule has 0 aliphatic carbocycles. The quantitative estimate of drug-likeness (QED) is 0.749. The number of carbonyl (C=O) groups excluding carboxylic acids is 1. The Morgan fingerprint density at radius 1 is 1.14 bits per heavy atom. The van der Waals surface area contributed by atoms with Crippen LogP contribution in [0.2, 0.25) is 5.02 Å². The molecule has 0 saturated heterocycles. The van der Waals surface area contributed by atoms with Crippen LogP contribution in [-0.2, 0) is 4.79 Å². The van der Waals surface area contributed by atoms with Crippen LogP contribution in [0.3, 0.4) is 0 Å². The molecule has 1 heterocycles. The predicted molar refractivity (Wildman–Crippen MR) is 78.6 cm³/mol. The number of anilines is 2. The van der Waals surface area contributed by atoms with Gasteiger partial charge in [-0.1, -0.05) is 35.5 Å². The van der Waals surface area contributed by atoms with Crippen molar-refractivity contribution in [1.29, 1.82) is 0 Å². The van der Waals surface area contributed by atoms with E-state index in [1.165, 1.54) is 0 Å². The van der Waals surface area contributed by atoms with E-state index in [0.29, 0.717) is 11.6 Å². The van der Waals surface area contributed by atoms with Gasteiger partial charge in [0.25, 0.3) is 0 Å². The second kappa shape index (κ2) is 7.07. The Labute approximate surface area is 154 Å². The van der Waals surface area contributed by atoms with Gasteiger partial charge < -0.3 is 14.8 Å². The number of benzene rings is 2. The van der Waals surface area contributed by atoms with Crippen molar-refractivity contribution >= 4 is 40.7 Å². The smallest absolute Gasteiger partial charge is 0.550 e. The van der Waals surface area contributed by atoms with Gasteiger partial charge in [-0.05, 0) is 30.3 Å². The number of aliphatic carboxylic acids is 1. The Balaban J connectivity index is 0.00000161. The summed E-state index contributed by atoms with van der Waals surface area (Å²) in [5.41, 5.74) is 1.95. The number of carboxylic acids is 1. The number of carbonyl (C=O) groups is 1. The minimum absolute atomic E-state index is 0. The first kappa shape index (κ1) is 16.7. The normalized spacial score (nSPS) is 12.1. The van der Waals surface area contributed by atoms with Crippen LogP contribution in [0, 0.1) is 0 Å². The van der Waals surface area contributed by atoms with Gasteiger partial charge in [0, 0.05) is 33.7 Å². The van der Waals surface area contributed by atoms with Crippen molar-refractivity contribution in [3.05, 3.63) is 47.5 Å². The summed E-state index contributed by atoms with van der Waals surface area (Å²) < 4.78 is 0. The maximum Gasteiger partial charge on any atom is 1.00 e. The maximum atomic E-state index is 10.8. The summed E-state index contributed by atoms with van der Waals surface area (Å²) in [4.78, 5) is 14.9. The third-order valence-corrected chi connectivity index (χ3v) is 4.49. The largest absolute Gasteiger partial charge is 1.00 e. The molecule has 3 nitrogen and oxygen atoms in total. The first-order valence-electron chi connectivity index (χ1n) is 6.19. The second-order valence-electron chi connectivity index (χ2n) is 4.46. The van der Waals surface area contributed by atoms with E-state index in [-0.39, 0.29) is 36.0 Å². The molecule has 21 heavy (non-hydrogen) atoms. The molecule has 1 aliphatic heterocycles. The van der Waals surface area contributed by atoms with Crippen molar-refractivity contribution in [2.75, 3.05) is 11.4 Å². The number of hydrogen-bond acceptors (Lipinski definition) is 4. The van der Waals surface area contributed by atoms with Crippen LogP contribution >= 0.6 is 23.4 Å². The number of halogens is 1. The van der Waals surface area contributed by atoms with Crippen LogP contribution in [-0.4, -0.2) is 12.5 Å². The topological polar surface area (TPSA) is 43.4 Å². The molecule has 0 bridgehead atoms. The van der Waals surface area contributed by atoms with E-state index in [1.807, 2.05) is 47.4 Å². The average Bonchev–Trinajstić information content (AvgIpc) is 2.43. The first-order chi connectivity index (χ1) is 9.65. The standard InChI is InChI=1S/C15H12ClNO2S.Na/c16-10-5-6-14-12(9-10)17(8-7-15(18)19)11-3-1-2-4-13(11)20-14;/h1-6,9H,7-8H2,(H,18,19);/q;+1/p-1. The fourth-order valence-electron chi connectivity index (χ4n) is 2.25. The van der Waals surface area contributed by atoms with Gasteiger partial charge in [-0.15, -0.1) is 0 Å². The molecule has 0 amide bonds. The van der Waals surface area contributed by atoms with Gasteiger partial charge in [0.1, 0.15) is 0 Å². The third kappa shape index (κ3) is 3.58. The van der Waals surface area contributed by atoms with Crippen molar-refractivity contribution in [3.8, 4) is 0 Å². The molecule has 0 atom stereocenters. The fraction of sp³-hybridized carbons (Fsp3) is 0.133. The third-order valence-electron chi connectivity index (χ3n) is 3.13. The van der Waals surface area contributed by atoms with Crippen molar-refractivity contribution < 1.29 is 39.5 Å². The Morgan fingerprint density at radius 2 is 1.86 bits per heavy atom. The van der Waals surface area contributed by atoms with E-state index in [0.717, 1.165) is 21.2 Å². The zero-order valence-electron chi connectivity index (χ0n) is 11.5. The molecule has 6 heteroatoms. The zero-order valence-corrected chi connectivity index (χ0v) is 15.1. The van der Waals surface area contributed by atoms with Crippen molar-refractivity contribution in [3.63, 3.8) is 0 Å². The molecule has 1 aliphatic rings. The van der Waals surface area contributed by atoms with Crippen molar-refractivity contribution in [2.24, 2.45) is 0 Å². The summed E-state index contributed by atoms with van der Waals surface area (Å²) in [5.74, 6) is -1.05. The van der Waals surface area contributed by atoms with E-state index in [9.17, 15) is 9.90 Å². The number of carboxylic acid groups (broad SMARTS) is 1. The zero-order chi connectivity index (χ0) is 14.1. The van der Waals surface area contributed by atoms with E-state index in [2.05, 4.69) is 0 Å². The number of fused-ring (bicyclic) bond motifs is 2. The molecule has 0 spiro atoms. The van der Waals surface area contributed by atoms with Crippen LogP contribution in [0.25, 0.3) is 0 Å². The monoisotopic (exact) mass is 327 g/mol. The number of nitrogens with zero attached hydrogens (tertiary/aromatic N) is 1. The second-order valence-corrected chi connectivity index (χ2v) is 5.98. The molecule has 0 fully saturated rings. The minimum Gasteiger partial charge on any atom is -0.550 e. The molecule has 102 valence electrons. The summed E-state index contributed by atoms with van der Waals surface area (Å²) in [6.45, 7) is 0.368. The minimum atomic E-state index is -1.05. The van der Waals surface area contributed by atoms with Gasteiger partial charge in [0.05, 0.1) is 11.4 Å². The average molecular weight is 328 g/mol. The van der Waals surface area contributed by atoms with Gasteiger partial charge in [-0.2, -0.15) is 0 Å². The van der Waals surface area contributed by atoms with E-state index < -0.39 is 5.97 Å². The Bertz CT molecular complexity index is 680. The van der Waals surface area contributed by atoms with Gasteiger partial charge in [-0.25, -0.2) is 0 Å². The molecule has 2 aromatic carbocycles. The Kier molecular flexibility index (Phi) is 5.63. The molecule has 0 saturated carbocycles. The molecule has 0 unspecified atom stereocenters. The first-order valence-corrected chi connectivity index (χ1v) is 7.38. The van der Waals surface area contributed by atoms with Crippen molar-refractivity contribution in [1.82, 2.24) is 0 Å². The summed E-state index contributed by atoms with van der Waals surface area (Å²) in [6, 6.07) is 13.6. The molecular weight excluding hydrogens is 317 g/mol. The molecule has 0 radical (unpaired) electrons. The van der Waals surface area contributed by atoms with Gasteiger partial charge >= 0.3 is 29.6 Å². The Hall–Kier alpha value is -0.650. The van der Waals surface area contributed by atoms with E-state index in [1.54, 1.807) is 11.8 Å². The molecule has 3 rings (SSSR count). The number of rotatable bonds is 3. The van der Waals surface area contributed by atoms with Crippen LogP contribution < -0.4 is 39.6 Å². The predicted octanol–water partition coefficient (Wildman–Crippen LogP) is 0.0867. The maximum absolute atomic E-state index is 10.8. The van der Waals surface area contributed by atoms with E-state index in [4.69, 9.17) is 11.6 Å². The van der Waals surface area contributed by atoms with Crippen LogP contribution in [0.1, 0.15) is 6.42 Å². The number of para-hydroxylation sites is 1. The summed E-state index contributed by atoms with van der Waals surface area (Å²) in [5, 5.41) is 11.4. The van der Waals surface area contributed by atoms with Crippen LogP contribution in [0.5, 0.6) is 0 Å². The molecular formula is C15H11ClNNaO2S. The SMILES string of the molecule is O=C([O-])CCN1c2ccccc2Sc2ccc(Cl)cc21.[Na+]. The number of hydrogen-bond donors (Lipinski definition) is 0.